The van der Waals surface area contributed by atoms with E-state index < -0.39 is 52.9 Å². The number of aryl methyl sites for hydroxylation is 1. The van der Waals surface area contributed by atoms with Crippen LogP contribution in [0.15, 0.2) is 40.9 Å². The Hall–Kier alpha value is -4.16. The van der Waals surface area contributed by atoms with Gasteiger partial charge in [0.1, 0.15) is 17.2 Å². The molecule has 4 rings (SSSR count). The molecule has 0 saturated carbocycles. The molecule has 4 aromatic rings. The molecular formula is C24H21F5N4O4. The van der Waals surface area contributed by atoms with Crippen molar-refractivity contribution in [1.82, 2.24) is 15.1 Å². The molecule has 196 valence electrons. The van der Waals surface area contributed by atoms with Crippen molar-refractivity contribution in [1.29, 1.82) is 0 Å². The fraction of sp³-hybridized carbons (Fsp3) is 0.292. The van der Waals surface area contributed by atoms with Crippen LogP contribution in [0.25, 0.3) is 21.9 Å². The van der Waals surface area contributed by atoms with E-state index in [2.05, 4.69) is 10.4 Å². The molecule has 2 N–H and O–H groups in total. The van der Waals surface area contributed by atoms with Crippen molar-refractivity contribution in [2.75, 3.05) is 5.32 Å². The fourth-order valence-electron chi connectivity index (χ4n) is 3.69. The number of urea groups is 1. The number of hydrogen-bond acceptors (Lipinski definition) is 5. The highest BCUT2D eigenvalue weighted by molar-refractivity contribution is 5.95. The van der Waals surface area contributed by atoms with Crippen molar-refractivity contribution < 1.29 is 40.7 Å². The molecule has 0 bridgehead atoms. The molecule has 0 aliphatic carbocycles. The van der Waals surface area contributed by atoms with Crippen LogP contribution in [0.4, 0.5) is 37.2 Å². The quantitative estimate of drug-likeness (QED) is 0.295. The number of ether oxygens (including phenoxy) is 1. The van der Waals surface area contributed by atoms with Crippen LogP contribution in [0.1, 0.15) is 38.1 Å². The maximum atomic E-state index is 14.1. The summed E-state index contributed by atoms with van der Waals surface area (Å²) in [6.45, 7) is 6.27. The number of carbonyl (C=O) groups is 2. The van der Waals surface area contributed by atoms with E-state index in [9.17, 15) is 31.5 Å². The maximum Gasteiger partial charge on any atom is 0.435 e. The third kappa shape index (κ3) is 5.34. The number of benzene rings is 2. The number of fused-ring (bicyclic) bond motifs is 2. The number of hydrogen-bond donors (Lipinski definition) is 2. The number of halogens is 5. The number of anilines is 1. The monoisotopic (exact) mass is 524 g/mol. The molecule has 13 heteroatoms. The van der Waals surface area contributed by atoms with Crippen LogP contribution in [0.5, 0.6) is 0 Å². The smallest absolute Gasteiger partial charge is 0.435 e. The van der Waals surface area contributed by atoms with Crippen molar-refractivity contribution >= 4 is 39.7 Å². The van der Waals surface area contributed by atoms with Crippen molar-refractivity contribution in [3.8, 4) is 0 Å². The summed E-state index contributed by atoms with van der Waals surface area (Å²) in [4.78, 5) is 24.8. The van der Waals surface area contributed by atoms with Gasteiger partial charge >= 0.3 is 18.3 Å². The number of nitrogens with one attached hydrogen (secondary N) is 2. The molecule has 0 radical (unpaired) electrons. The first-order valence-corrected chi connectivity index (χ1v) is 10.9. The highest BCUT2D eigenvalue weighted by atomic mass is 19.4. The van der Waals surface area contributed by atoms with E-state index in [0.717, 1.165) is 10.7 Å². The molecule has 0 fully saturated rings. The first kappa shape index (κ1) is 25.9. The first-order valence-electron chi connectivity index (χ1n) is 10.9. The lowest BCUT2D eigenvalue weighted by Crippen LogP contribution is -2.40. The summed E-state index contributed by atoms with van der Waals surface area (Å²) in [7, 11) is 0. The number of amides is 2. The van der Waals surface area contributed by atoms with Crippen molar-refractivity contribution in [3.63, 3.8) is 0 Å². The Balaban J connectivity index is 1.57. The van der Waals surface area contributed by atoms with Gasteiger partial charge in [0, 0.05) is 28.1 Å². The Bertz CT molecular complexity index is 1520. The highest BCUT2D eigenvalue weighted by Gasteiger charge is 2.45. The topological polar surface area (TPSA) is 98.4 Å². The van der Waals surface area contributed by atoms with Gasteiger partial charge in [-0.15, -0.1) is 0 Å². The Labute approximate surface area is 206 Å². The summed E-state index contributed by atoms with van der Waals surface area (Å²) in [5.41, 5.74) is -1.04. The molecule has 1 atom stereocenters. The molecule has 2 aromatic carbocycles. The minimum atomic E-state index is -5.02. The van der Waals surface area contributed by atoms with Crippen LogP contribution in [0, 0.1) is 18.6 Å². The predicted molar refractivity (Wildman–Crippen MR) is 123 cm³/mol. The van der Waals surface area contributed by atoms with Crippen molar-refractivity contribution in [2.24, 2.45) is 0 Å². The maximum absolute atomic E-state index is 14.1. The largest absolute Gasteiger partial charge is 0.455 e. The van der Waals surface area contributed by atoms with E-state index in [1.807, 2.05) is 0 Å². The lowest BCUT2D eigenvalue weighted by molar-refractivity contribution is -0.158. The SMILES string of the molecule is Cc1c(C(NC(=O)Nc2ccc3c(cnn3C(=O)OC(C)(C)C)c2)C(F)(F)F)oc2c(F)cc(F)cc12. The zero-order valence-corrected chi connectivity index (χ0v) is 20.0. The Kier molecular flexibility index (Phi) is 6.34. The van der Waals surface area contributed by atoms with Crippen LogP contribution in [0.3, 0.4) is 0 Å². The zero-order chi connectivity index (χ0) is 27.3. The number of carbonyl (C=O) groups excluding carboxylic acids is 2. The van der Waals surface area contributed by atoms with Gasteiger partial charge in [-0.3, -0.25) is 0 Å². The summed E-state index contributed by atoms with van der Waals surface area (Å²) in [6.07, 6.45) is -4.43. The minimum Gasteiger partial charge on any atom is -0.455 e. The molecule has 1 unspecified atom stereocenters. The number of rotatable bonds is 3. The molecule has 8 nitrogen and oxygen atoms in total. The number of aromatic nitrogens is 2. The molecule has 0 aliphatic heterocycles. The molecular weight excluding hydrogens is 503 g/mol. The third-order valence-corrected chi connectivity index (χ3v) is 5.25. The number of nitrogens with zero attached hydrogens (tertiary/aromatic N) is 2. The standard InChI is InChI=1S/C24H21F5N4O4/c1-11-15-8-13(25)9-16(26)19(15)36-18(11)20(24(27,28)29)32-21(34)31-14-5-6-17-12(7-14)10-30-33(17)22(35)37-23(2,3)4/h5-10,20H,1-4H3,(H2,31,32,34). The van der Waals surface area contributed by atoms with Gasteiger partial charge in [0.15, 0.2) is 17.4 Å². The second kappa shape index (κ2) is 9.05. The normalized spacial score (nSPS) is 13.1. The fourth-order valence-corrected chi connectivity index (χ4v) is 3.69. The minimum absolute atomic E-state index is 0.101. The Morgan fingerprint density at radius 2 is 1.81 bits per heavy atom. The van der Waals surface area contributed by atoms with Gasteiger partial charge < -0.3 is 19.8 Å². The van der Waals surface area contributed by atoms with Crippen LogP contribution in [-0.4, -0.2) is 33.7 Å². The second-order valence-electron chi connectivity index (χ2n) is 9.24. The molecule has 2 heterocycles. The zero-order valence-electron chi connectivity index (χ0n) is 20.0. The molecule has 37 heavy (non-hydrogen) atoms. The average molecular weight is 524 g/mol. The van der Waals surface area contributed by atoms with E-state index in [0.29, 0.717) is 17.0 Å². The summed E-state index contributed by atoms with van der Waals surface area (Å²) < 4.78 is 80.6. The van der Waals surface area contributed by atoms with Crippen LogP contribution in [-0.2, 0) is 4.74 Å². The molecule has 0 aliphatic rings. The number of alkyl halides is 3. The van der Waals surface area contributed by atoms with Gasteiger partial charge in [0.2, 0.25) is 0 Å². The van der Waals surface area contributed by atoms with E-state index in [1.165, 1.54) is 31.3 Å². The van der Waals surface area contributed by atoms with Gasteiger partial charge in [0.05, 0.1) is 11.7 Å². The van der Waals surface area contributed by atoms with E-state index in [1.54, 1.807) is 26.1 Å². The summed E-state index contributed by atoms with van der Waals surface area (Å²) in [6, 6.07) is 1.63. The Morgan fingerprint density at radius 3 is 2.46 bits per heavy atom. The lowest BCUT2D eigenvalue weighted by atomic mass is 10.1. The van der Waals surface area contributed by atoms with Crippen LogP contribution < -0.4 is 10.6 Å². The summed E-state index contributed by atoms with van der Waals surface area (Å²) in [5.74, 6) is -2.94. The molecule has 0 spiro atoms. The van der Waals surface area contributed by atoms with Crippen LogP contribution in [0.2, 0.25) is 0 Å². The highest BCUT2D eigenvalue weighted by Crippen LogP contribution is 2.39. The van der Waals surface area contributed by atoms with Gasteiger partial charge in [-0.2, -0.15) is 23.0 Å². The van der Waals surface area contributed by atoms with Gasteiger partial charge in [0.25, 0.3) is 0 Å². The van der Waals surface area contributed by atoms with E-state index in [4.69, 9.17) is 9.15 Å². The molecule has 2 aromatic heterocycles. The molecule has 2 amide bonds. The second-order valence-corrected chi connectivity index (χ2v) is 9.24. The molecule has 0 saturated heterocycles. The number of furan rings is 1. The van der Waals surface area contributed by atoms with Crippen LogP contribution >= 0.6 is 0 Å². The van der Waals surface area contributed by atoms with Gasteiger partial charge in [-0.05, 0) is 52.0 Å². The van der Waals surface area contributed by atoms with Crippen molar-refractivity contribution in [3.05, 3.63) is 59.5 Å². The van der Waals surface area contributed by atoms with Crippen molar-refractivity contribution in [2.45, 2.75) is 45.5 Å². The Morgan fingerprint density at radius 1 is 1.11 bits per heavy atom. The average Bonchev–Trinajstić information content (AvgIpc) is 3.31. The van der Waals surface area contributed by atoms with Gasteiger partial charge in [-0.1, -0.05) is 0 Å². The first-order chi connectivity index (χ1) is 17.1. The van der Waals surface area contributed by atoms with E-state index in [-0.39, 0.29) is 16.6 Å². The predicted octanol–water partition coefficient (Wildman–Crippen LogP) is 6.58. The summed E-state index contributed by atoms with van der Waals surface area (Å²) >= 11 is 0. The third-order valence-electron chi connectivity index (χ3n) is 5.25. The summed E-state index contributed by atoms with van der Waals surface area (Å²) in [5, 5.41) is 8.23. The van der Waals surface area contributed by atoms with Gasteiger partial charge in [-0.25, -0.2) is 18.4 Å². The van der Waals surface area contributed by atoms with E-state index >= 15 is 0 Å². The lowest BCUT2D eigenvalue weighted by Gasteiger charge is -2.21.